The SMILES string of the molecule is CC/C=C\C/C=C\C/C=C\C/C=C\C/C=C\C/C=C\C/C=C\C/C=C\CCCCCCCCCCC(=O)NC(COP(=O)(O)OCC[N+](C)(C)C)C(O)/C=C/CCCCCCCCCCCCCCCCCCCCCCCCCCC. The fraction of sp³-hybridized carbons (Fsp3) is 0.740. The molecule has 0 saturated carbocycles. The van der Waals surface area contributed by atoms with E-state index in [4.69, 9.17) is 9.05 Å². The zero-order chi connectivity index (χ0) is 59.8. The van der Waals surface area contributed by atoms with Gasteiger partial charge in [-0.2, -0.15) is 0 Å². The number of nitrogens with one attached hydrogen (secondary N) is 1. The van der Waals surface area contributed by atoms with Crippen LogP contribution in [0.5, 0.6) is 0 Å². The van der Waals surface area contributed by atoms with Crippen LogP contribution in [0.25, 0.3) is 0 Å². The molecule has 0 aromatic carbocycles. The van der Waals surface area contributed by atoms with Gasteiger partial charge in [-0.25, -0.2) is 4.57 Å². The highest BCUT2D eigenvalue weighted by Crippen LogP contribution is 2.43. The average Bonchev–Trinajstić information content (AvgIpc) is 3.47. The summed E-state index contributed by atoms with van der Waals surface area (Å²) in [4.78, 5) is 23.4. The minimum atomic E-state index is -4.36. The topological polar surface area (TPSA) is 105 Å². The van der Waals surface area contributed by atoms with Crippen molar-refractivity contribution < 1.29 is 32.9 Å². The molecule has 0 aliphatic heterocycles. The van der Waals surface area contributed by atoms with Crippen LogP contribution in [0.4, 0.5) is 0 Å². The van der Waals surface area contributed by atoms with Crippen LogP contribution in [0.15, 0.2) is 109 Å². The number of quaternary nitrogens is 1. The summed E-state index contributed by atoms with van der Waals surface area (Å²) in [5.41, 5.74) is 0. The van der Waals surface area contributed by atoms with Gasteiger partial charge in [0.25, 0.3) is 0 Å². The number of aliphatic hydroxyl groups is 1. The third kappa shape index (κ3) is 64.7. The van der Waals surface area contributed by atoms with E-state index in [0.29, 0.717) is 17.4 Å². The number of hydrogen-bond acceptors (Lipinski definition) is 5. The van der Waals surface area contributed by atoms with Gasteiger partial charge in [-0.05, 0) is 83.5 Å². The van der Waals surface area contributed by atoms with Crippen LogP contribution in [-0.2, 0) is 18.4 Å². The molecule has 3 unspecified atom stereocenters. The molecule has 0 heterocycles. The van der Waals surface area contributed by atoms with Gasteiger partial charge in [0.05, 0.1) is 39.9 Å². The summed E-state index contributed by atoms with van der Waals surface area (Å²) in [5, 5.41) is 14.0. The van der Waals surface area contributed by atoms with Gasteiger partial charge in [0.2, 0.25) is 5.91 Å². The van der Waals surface area contributed by atoms with E-state index < -0.39 is 20.0 Å². The number of aliphatic hydroxyl groups excluding tert-OH is 1. The van der Waals surface area contributed by atoms with E-state index in [1.54, 1.807) is 6.08 Å². The molecular weight excluding hydrogens is 1030 g/mol. The first-order valence-electron chi connectivity index (χ1n) is 34.3. The van der Waals surface area contributed by atoms with E-state index in [0.717, 1.165) is 96.3 Å². The van der Waals surface area contributed by atoms with Crippen LogP contribution in [-0.4, -0.2) is 73.4 Å². The van der Waals surface area contributed by atoms with Gasteiger partial charge in [0.1, 0.15) is 13.2 Å². The van der Waals surface area contributed by atoms with Crippen molar-refractivity contribution in [2.45, 2.75) is 309 Å². The predicted molar refractivity (Wildman–Crippen MR) is 359 cm³/mol. The minimum absolute atomic E-state index is 0.0550. The summed E-state index contributed by atoms with van der Waals surface area (Å²) < 4.78 is 23.8. The molecule has 0 spiro atoms. The lowest BCUT2D eigenvalue weighted by atomic mass is 10.0. The van der Waals surface area contributed by atoms with E-state index in [9.17, 15) is 19.4 Å². The fourth-order valence-corrected chi connectivity index (χ4v) is 10.4. The molecule has 0 aliphatic carbocycles. The molecule has 0 saturated heterocycles. The Labute approximate surface area is 508 Å². The molecule has 0 rings (SSSR count). The Hall–Kier alpha value is -2.84. The highest BCUT2D eigenvalue weighted by molar-refractivity contribution is 7.47. The average molecular weight is 1160 g/mol. The zero-order valence-electron chi connectivity index (χ0n) is 54.2. The van der Waals surface area contributed by atoms with E-state index in [2.05, 4.69) is 116 Å². The molecule has 9 heteroatoms. The van der Waals surface area contributed by atoms with Crippen molar-refractivity contribution in [3.05, 3.63) is 109 Å². The Morgan fingerprint density at radius 1 is 0.427 bits per heavy atom. The zero-order valence-corrected chi connectivity index (χ0v) is 55.1. The van der Waals surface area contributed by atoms with Crippen LogP contribution in [0.2, 0.25) is 0 Å². The summed E-state index contributed by atoms with van der Waals surface area (Å²) in [6.07, 6.45) is 92.2. The van der Waals surface area contributed by atoms with Crippen LogP contribution < -0.4 is 5.32 Å². The van der Waals surface area contributed by atoms with Gasteiger partial charge in [0.15, 0.2) is 0 Å². The lowest BCUT2D eigenvalue weighted by Crippen LogP contribution is -2.45. The maximum Gasteiger partial charge on any atom is 0.472 e. The van der Waals surface area contributed by atoms with Crippen LogP contribution in [0, 0.1) is 0 Å². The smallest absolute Gasteiger partial charge is 0.387 e. The first-order chi connectivity index (χ1) is 40.0. The molecule has 8 nitrogen and oxygen atoms in total. The molecule has 0 fully saturated rings. The van der Waals surface area contributed by atoms with Crippen molar-refractivity contribution in [1.82, 2.24) is 5.32 Å². The standard InChI is InChI=1S/C73H131N2O6P/c1-6-8-10-12-14-16-18-20-22-24-26-28-30-32-34-35-36-37-38-39-41-43-45-47-49-51-53-55-57-59-61-63-65-67-73(77)74-71(70-81-82(78,79)80-69-68-75(3,4)5)72(76)66-64-62-60-58-56-54-52-50-48-46-44-42-40-33-31-29-27-25-23-21-19-17-15-13-11-9-7-2/h8,10,14,16,20,22,26,28,32,34,36-37,39,41,45,47,64,66,71-72,76H,6-7,9,11-13,15,17-19,21,23-25,27,29-31,33,35,38,40,42-44,46,48-63,65,67-70H2,1-5H3,(H-,74,77,78,79)/p+1/b10-8-,16-14-,22-20-,28-26-,34-32-,37-36-,41-39-,47-45-,66-64+. The molecule has 1 amide bonds. The molecule has 0 aliphatic rings. The Morgan fingerprint density at radius 3 is 1.07 bits per heavy atom. The van der Waals surface area contributed by atoms with Crippen molar-refractivity contribution in [3.8, 4) is 0 Å². The first kappa shape index (κ1) is 79.2. The maximum absolute atomic E-state index is 13.0. The first-order valence-corrected chi connectivity index (χ1v) is 35.8. The van der Waals surface area contributed by atoms with Gasteiger partial charge >= 0.3 is 7.82 Å². The Morgan fingerprint density at radius 2 is 0.732 bits per heavy atom. The number of carbonyl (C=O) groups excluding carboxylic acids is 1. The molecule has 82 heavy (non-hydrogen) atoms. The second-order valence-electron chi connectivity index (χ2n) is 24.2. The third-order valence-corrected chi connectivity index (χ3v) is 16.0. The summed E-state index contributed by atoms with van der Waals surface area (Å²) in [6.45, 7) is 4.72. The molecule has 474 valence electrons. The Bertz CT molecular complexity index is 1700. The van der Waals surface area contributed by atoms with Crippen molar-refractivity contribution in [2.75, 3.05) is 40.9 Å². The maximum atomic E-state index is 13.0. The highest BCUT2D eigenvalue weighted by Gasteiger charge is 2.28. The predicted octanol–water partition coefficient (Wildman–Crippen LogP) is 21.9. The fourth-order valence-electron chi connectivity index (χ4n) is 9.71. The van der Waals surface area contributed by atoms with Gasteiger partial charge in [-0.1, -0.05) is 316 Å². The molecule has 0 radical (unpaired) electrons. The van der Waals surface area contributed by atoms with Crippen LogP contribution in [0.1, 0.15) is 296 Å². The monoisotopic (exact) mass is 1160 g/mol. The van der Waals surface area contributed by atoms with Crippen molar-refractivity contribution in [2.24, 2.45) is 0 Å². The lowest BCUT2D eigenvalue weighted by Gasteiger charge is -2.25. The number of rotatable bonds is 62. The number of allylic oxidation sites excluding steroid dienone is 17. The number of phosphoric ester groups is 1. The van der Waals surface area contributed by atoms with Gasteiger partial charge in [0, 0.05) is 6.42 Å². The van der Waals surface area contributed by atoms with E-state index in [-0.39, 0.29) is 19.1 Å². The van der Waals surface area contributed by atoms with Crippen LogP contribution in [0.3, 0.4) is 0 Å². The molecular formula is C73H132N2O6P+. The number of amides is 1. The van der Waals surface area contributed by atoms with Gasteiger partial charge < -0.3 is 19.8 Å². The number of hydrogen-bond donors (Lipinski definition) is 3. The number of phosphoric acid groups is 1. The number of carbonyl (C=O) groups is 1. The Kier molecular flexibility index (Phi) is 60.5. The number of unbranched alkanes of at least 4 members (excludes halogenated alkanes) is 33. The van der Waals surface area contributed by atoms with E-state index in [1.165, 1.54) is 180 Å². The second-order valence-corrected chi connectivity index (χ2v) is 25.6. The van der Waals surface area contributed by atoms with Crippen molar-refractivity contribution in [1.29, 1.82) is 0 Å². The summed E-state index contributed by atoms with van der Waals surface area (Å²) >= 11 is 0. The lowest BCUT2D eigenvalue weighted by molar-refractivity contribution is -0.870. The normalized spacial score (nSPS) is 14.4. The van der Waals surface area contributed by atoms with E-state index >= 15 is 0 Å². The van der Waals surface area contributed by atoms with Crippen LogP contribution >= 0.6 is 7.82 Å². The van der Waals surface area contributed by atoms with E-state index in [1.807, 2.05) is 27.2 Å². The quantitative estimate of drug-likeness (QED) is 0.0243. The largest absolute Gasteiger partial charge is 0.472 e. The molecule has 0 aromatic rings. The molecule has 0 bridgehead atoms. The molecule has 0 aromatic heterocycles. The summed E-state index contributed by atoms with van der Waals surface area (Å²) in [6, 6.07) is -0.861. The number of nitrogens with zero attached hydrogens (tertiary/aromatic N) is 1. The summed E-state index contributed by atoms with van der Waals surface area (Å²) in [7, 11) is 1.56. The second kappa shape index (κ2) is 62.7. The number of likely N-dealkylation sites (N-methyl/N-ethyl adjacent to an activating group) is 1. The molecule has 3 N–H and O–H groups in total. The highest BCUT2D eigenvalue weighted by atomic mass is 31.2. The summed E-state index contributed by atoms with van der Waals surface area (Å²) in [5.74, 6) is -0.187. The Balaban J connectivity index is 4.16. The molecule has 3 atom stereocenters. The minimum Gasteiger partial charge on any atom is -0.387 e. The van der Waals surface area contributed by atoms with Crippen molar-refractivity contribution in [3.63, 3.8) is 0 Å². The van der Waals surface area contributed by atoms with Crippen molar-refractivity contribution >= 4 is 13.7 Å². The van der Waals surface area contributed by atoms with Gasteiger partial charge in [-0.15, -0.1) is 0 Å². The third-order valence-electron chi connectivity index (χ3n) is 15.0. The van der Waals surface area contributed by atoms with Gasteiger partial charge in [-0.3, -0.25) is 13.8 Å².